The minimum atomic E-state index is -3.60. The smallest absolute Gasteiger partial charge is 0.215 e. The van der Waals surface area contributed by atoms with Crippen molar-refractivity contribution in [3.8, 4) is 0 Å². The second kappa shape index (κ2) is 7.68. The van der Waals surface area contributed by atoms with E-state index in [0.717, 1.165) is 5.56 Å². The predicted molar refractivity (Wildman–Crippen MR) is 88.1 cm³/mol. The van der Waals surface area contributed by atoms with Crippen molar-refractivity contribution in [1.82, 2.24) is 4.72 Å². The molecule has 0 aliphatic rings. The van der Waals surface area contributed by atoms with Gasteiger partial charge in [-0.25, -0.2) is 17.5 Å². The summed E-state index contributed by atoms with van der Waals surface area (Å²) in [5.74, 6) is -0.574. The van der Waals surface area contributed by atoms with Crippen LogP contribution in [0.25, 0.3) is 0 Å². The first-order valence-electron chi connectivity index (χ1n) is 7.24. The lowest BCUT2D eigenvalue weighted by Gasteiger charge is -2.21. The number of hydrogen-bond acceptors (Lipinski definition) is 3. The minimum absolute atomic E-state index is 0.165. The summed E-state index contributed by atoms with van der Waals surface area (Å²) < 4.78 is 45.9. The van der Waals surface area contributed by atoms with Crippen LogP contribution in [-0.2, 0) is 14.8 Å². The Morgan fingerprint density at radius 1 is 1.09 bits per heavy atom. The molecule has 4 nitrogen and oxygen atoms in total. The molecule has 0 aliphatic carbocycles. The van der Waals surface area contributed by atoms with Gasteiger partial charge in [0.2, 0.25) is 10.0 Å². The van der Waals surface area contributed by atoms with Crippen molar-refractivity contribution in [1.29, 1.82) is 0 Å². The number of halogens is 1. The van der Waals surface area contributed by atoms with E-state index in [-0.39, 0.29) is 5.75 Å². The number of nitrogens with one attached hydrogen (secondary N) is 1. The maximum Gasteiger partial charge on any atom is 0.215 e. The summed E-state index contributed by atoms with van der Waals surface area (Å²) in [6, 6.07) is 14.3. The zero-order valence-corrected chi connectivity index (χ0v) is 13.9. The van der Waals surface area contributed by atoms with Gasteiger partial charge in [-0.2, -0.15) is 0 Å². The monoisotopic (exact) mass is 337 g/mol. The number of hydrogen-bond donors (Lipinski definition) is 1. The zero-order chi connectivity index (χ0) is 16.9. The van der Waals surface area contributed by atoms with Gasteiger partial charge in [-0.05, 0) is 30.2 Å². The zero-order valence-electron chi connectivity index (χ0n) is 13.1. The van der Waals surface area contributed by atoms with E-state index in [2.05, 4.69) is 4.72 Å². The van der Waals surface area contributed by atoms with E-state index < -0.39 is 28.0 Å². The maximum absolute atomic E-state index is 13.5. The first-order valence-corrected chi connectivity index (χ1v) is 8.90. The summed E-state index contributed by atoms with van der Waals surface area (Å²) in [5, 5.41) is 0. The molecule has 0 fully saturated rings. The van der Waals surface area contributed by atoms with E-state index in [1.807, 2.05) is 18.2 Å². The largest absolute Gasteiger partial charge is 0.381 e. The number of methoxy groups -OCH3 is 1. The van der Waals surface area contributed by atoms with Crippen LogP contribution in [0.4, 0.5) is 4.39 Å². The van der Waals surface area contributed by atoms with Crippen LogP contribution in [-0.4, -0.2) is 27.4 Å². The highest BCUT2D eigenvalue weighted by atomic mass is 32.2. The summed E-state index contributed by atoms with van der Waals surface area (Å²) in [6.07, 6.45) is -0.434. The molecule has 0 amide bonds. The van der Waals surface area contributed by atoms with Gasteiger partial charge in [-0.15, -0.1) is 0 Å². The molecule has 0 saturated heterocycles. The molecular formula is C17H20FNO3S. The summed E-state index contributed by atoms with van der Waals surface area (Å²) in [4.78, 5) is 0. The molecule has 0 aliphatic heterocycles. The van der Waals surface area contributed by atoms with E-state index >= 15 is 0 Å². The fraction of sp³-hybridized carbons (Fsp3) is 0.294. The van der Waals surface area contributed by atoms with Crippen LogP contribution >= 0.6 is 0 Å². The number of sulfonamides is 1. The molecule has 23 heavy (non-hydrogen) atoms. The lowest BCUT2D eigenvalue weighted by molar-refractivity contribution is 0.136. The topological polar surface area (TPSA) is 55.4 Å². The van der Waals surface area contributed by atoms with Crippen LogP contribution in [0, 0.1) is 5.82 Å². The maximum atomic E-state index is 13.5. The van der Waals surface area contributed by atoms with Crippen molar-refractivity contribution in [3.05, 3.63) is 71.5 Å². The second-order valence-corrected chi connectivity index (χ2v) is 7.14. The Labute approximate surface area is 136 Å². The fourth-order valence-corrected chi connectivity index (χ4v) is 3.75. The van der Waals surface area contributed by atoms with Gasteiger partial charge in [0.15, 0.2) is 0 Å². The molecule has 0 aromatic heterocycles. The Kier molecular flexibility index (Phi) is 5.87. The molecule has 0 spiro atoms. The van der Waals surface area contributed by atoms with Gasteiger partial charge in [0.1, 0.15) is 5.82 Å². The molecule has 0 unspecified atom stereocenters. The van der Waals surface area contributed by atoms with Gasteiger partial charge in [0.25, 0.3) is 0 Å². The number of rotatable bonds is 7. The molecule has 2 aromatic rings. The summed E-state index contributed by atoms with van der Waals surface area (Å²) in [6.45, 7) is 1.68. The molecule has 6 heteroatoms. The Morgan fingerprint density at radius 2 is 1.74 bits per heavy atom. The van der Waals surface area contributed by atoms with E-state index in [1.165, 1.54) is 19.2 Å². The van der Waals surface area contributed by atoms with Crippen LogP contribution in [0.5, 0.6) is 0 Å². The number of ether oxygens (including phenoxy) is 1. The van der Waals surface area contributed by atoms with Gasteiger partial charge in [-0.3, -0.25) is 0 Å². The normalized spacial score (nSPS) is 14.4. The lowest BCUT2D eigenvalue weighted by Crippen LogP contribution is -2.35. The van der Waals surface area contributed by atoms with E-state index in [4.69, 9.17) is 4.74 Å². The Morgan fingerprint density at radius 3 is 2.35 bits per heavy atom. The second-order valence-electron chi connectivity index (χ2n) is 5.34. The Balaban J connectivity index is 2.35. The highest BCUT2D eigenvalue weighted by molar-refractivity contribution is 7.89. The van der Waals surface area contributed by atoms with Crippen molar-refractivity contribution in [3.63, 3.8) is 0 Å². The van der Waals surface area contributed by atoms with E-state index in [9.17, 15) is 12.8 Å². The molecule has 1 N–H and O–H groups in total. The first kappa shape index (κ1) is 17.6. The van der Waals surface area contributed by atoms with Crippen molar-refractivity contribution in [2.45, 2.75) is 19.1 Å². The predicted octanol–water partition coefficient (Wildman–Crippen LogP) is 2.87. The van der Waals surface area contributed by atoms with Crippen LogP contribution in [0.1, 0.15) is 24.1 Å². The highest BCUT2D eigenvalue weighted by Gasteiger charge is 2.23. The Bertz CT molecular complexity index is 735. The summed E-state index contributed by atoms with van der Waals surface area (Å²) >= 11 is 0. The minimum Gasteiger partial charge on any atom is -0.381 e. The van der Waals surface area contributed by atoms with Gasteiger partial charge in [-0.1, -0.05) is 42.5 Å². The fourth-order valence-electron chi connectivity index (χ4n) is 2.26. The van der Waals surface area contributed by atoms with Crippen LogP contribution in [0.2, 0.25) is 0 Å². The lowest BCUT2D eigenvalue weighted by atomic mass is 10.00. The molecule has 0 bridgehead atoms. The molecule has 0 radical (unpaired) electrons. The van der Waals surface area contributed by atoms with Crippen LogP contribution < -0.4 is 4.72 Å². The van der Waals surface area contributed by atoms with Crippen LogP contribution in [0.3, 0.4) is 0 Å². The van der Waals surface area contributed by atoms with Crippen LogP contribution in [0.15, 0.2) is 54.6 Å². The van der Waals surface area contributed by atoms with Gasteiger partial charge in [0, 0.05) is 7.11 Å². The van der Waals surface area contributed by atoms with E-state index in [1.54, 1.807) is 31.2 Å². The molecule has 2 atom stereocenters. The third kappa shape index (κ3) is 5.13. The van der Waals surface area contributed by atoms with Crippen molar-refractivity contribution < 1.29 is 17.5 Å². The van der Waals surface area contributed by atoms with Gasteiger partial charge >= 0.3 is 0 Å². The number of benzene rings is 2. The van der Waals surface area contributed by atoms with Crippen molar-refractivity contribution in [2.24, 2.45) is 0 Å². The molecule has 2 rings (SSSR count). The molecule has 2 aromatic carbocycles. The third-order valence-corrected chi connectivity index (χ3v) is 4.97. The van der Waals surface area contributed by atoms with Gasteiger partial charge in [0.05, 0.1) is 17.9 Å². The van der Waals surface area contributed by atoms with E-state index in [0.29, 0.717) is 5.56 Å². The molecule has 124 valence electrons. The van der Waals surface area contributed by atoms with Gasteiger partial charge < -0.3 is 4.74 Å². The average Bonchev–Trinajstić information content (AvgIpc) is 2.53. The summed E-state index contributed by atoms with van der Waals surface area (Å²) in [5.41, 5.74) is 1.29. The Hall–Kier alpha value is -1.76. The molecule has 0 heterocycles. The molecular weight excluding hydrogens is 317 g/mol. The SMILES string of the molecule is CO[C@@H](C)CS(=O)(=O)N[C@H](c1ccccc1)c1cccc(F)c1. The van der Waals surface area contributed by atoms with Crippen molar-refractivity contribution in [2.75, 3.05) is 12.9 Å². The first-order chi connectivity index (χ1) is 10.9. The summed E-state index contributed by atoms with van der Waals surface area (Å²) in [7, 11) is -2.14. The quantitative estimate of drug-likeness (QED) is 0.845. The average molecular weight is 337 g/mol. The standard InChI is InChI=1S/C17H20FNO3S/c1-13(22-2)12-23(20,21)19-17(14-7-4-3-5-8-14)15-9-6-10-16(18)11-15/h3-11,13,17,19H,12H2,1-2H3/t13-,17+/m0/s1. The third-order valence-electron chi connectivity index (χ3n) is 3.47. The van der Waals surface area contributed by atoms with Crippen molar-refractivity contribution >= 4 is 10.0 Å². The highest BCUT2D eigenvalue weighted by Crippen LogP contribution is 2.23. The molecule has 0 saturated carbocycles.